The van der Waals surface area contributed by atoms with Gasteiger partial charge in [0.15, 0.2) is 0 Å². The number of sulfonamides is 1. The molecule has 1 unspecified atom stereocenters. The van der Waals surface area contributed by atoms with Gasteiger partial charge in [0.25, 0.3) is 0 Å². The summed E-state index contributed by atoms with van der Waals surface area (Å²) in [6.07, 6.45) is -1.22. The number of carboxylic acid groups (broad SMARTS) is 1. The molecule has 7 heteroatoms. The first-order valence-electron chi connectivity index (χ1n) is 6.92. The van der Waals surface area contributed by atoms with Gasteiger partial charge < -0.3 is 10.2 Å². The van der Waals surface area contributed by atoms with Gasteiger partial charge in [-0.2, -0.15) is 0 Å². The number of aliphatic hydroxyl groups excluding tert-OH is 1. The van der Waals surface area contributed by atoms with Crippen LogP contribution in [0.15, 0.2) is 59.5 Å². The Hall–Kier alpha value is -2.22. The minimum atomic E-state index is -3.70. The molecule has 122 valence electrons. The van der Waals surface area contributed by atoms with Crippen LogP contribution in [0, 0.1) is 0 Å². The lowest BCUT2D eigenvalue weighted by Crippen LogP contribution is -2.28. The highest BCUT2D eigenvalue weighted by atomic mass is 32.2. The second kappa shape index (κ2) is 7.36. The Bertz CT molecular complexity index is 774. The van der Waals surface area contributed by atoms with E-state index in [1.54, 1.807) is 42.5 Å². The van der Waals surface area contributed by atoms with Crippen molar-refractivity contribution in [2.45, 2.75) is 17.4 Å². The average molecular weight is 335 g/mol. The summed E-state index contributed by atoms with van der Waals surface area (Å²) in [6.45, 7) is -0.201. The van der Waals surface area contributed by atoms with Gasteiger partial charge in [0.1, 0.15) is 0 Å². The molecular formula is C16H17NO5S. The van der Waals surface area contributed by atoms with Crippen molar-refractivity contribution < 1.29 is 23.4 Å². The summed E-state index contributed by atoms with van der Waals surface area (Å²) < 4.78 is 26.5. The third-order valence-electron chi connectivity index (χ3n) is 3.21. The van der Waals surface area contributed by atoms with Crippen molar-refractivity contribution in [2.75, 3.05) is 6.54 Å². The van der Waals surface area contributed by atoms with Crippen molar-refractivity contribution in [1.82, 2.24) is 4.72 Å². The van der Waals surface area contributed by atoms with E-state index in [1.165, 1.54) is 12.1 Å². The lowest BCUT2D eigenvalue weighted by atomic mass is 10.0. The minimum absolute atomic E-state index is 0.117. The van der Waals surface area contributed by atoms with Crippen LogP contribution in [0.25, 0.3) is 0 Å². The first-order chi connectivity index (χ1) is 10.9. The Balaban J connectivity index is 2.05. The summed E-state index contributed by atoms with van der Waals surface area (Å²) in [5.74, 6) is -0.971. The molecule has 2 rings (SSSR count). The van der Waals surface area contributed by atoms with Gasteiger partial charge in [-0.25, -0.2) is 13.1 Å². The van der Waals surface area contributed by atoms with Crippen LogP contribution in [0.1, 0.15) is 17.2 Å². The van der Waals surface area contributed by atoms with Crippen LogP contribution in [0.3, 0.4) is 0 Å². The molecule has 1 atom stereocenters. The number of carboxylic acids is 1. The first kappa shape index (κ1) is 17.1. The number of benzene rings is 2. The van der Waals surface area contributed by atoms with E-state index in [2.05, 4.69) is 4.72 Å². The van der Waals surface area contributed by atoms with Gasteiger partial charge in [-0.15, -0.1) is 0 Å². The first-order valence-corrected chi connectivity index (χ1v) is 8.40. The van der Waals surface area contributed by atoms with Crippen molar-refractivity contribution in [1.29, 1.82) is 0 Å². The average Bonchev–Trinajstić information content (AvgIpc) is 2.53. The molecule has 0 bridgehead atoms. The monoisotopic (exact) mass is 335 g/mol. The lowest BCUT2D eigenvalue weighted by molar-refractivity contribution is -0.136. The maximum absolute atomic E-state index is 12.1. The Labute approximate surface area is 134 Å². The Morgan fingerprint density at radius 3 is 2.43 bits per heavy atom. The fourth-order valence-electron chi connectivity index (χ4n) is 2.07. The zero-order valence-electron chi connectivity index (χ0n) is 12.2. The van der Waals surface area contributed by atoms with Crippen LogP contribution in [-0.2, 0) is 21.2 Å². The molecule has 3 N–H and O–H groups in total. The summed E-state index contributed by atoms with van der Waals surface area (Å²) in [7, 11) is -3.70. The predicted molar refractivity (Wildman–Crippen MR) is 84.4 cm³/mol. The van der Waals surface area contributed by atoms with Gasteiger partial charge in [0.2, 0.25) is 10.0 Å². The molecule has 0 saturated carbocycles. The molecule has 0 spiro atoms. The van der Waals surface area contributed by atoms with Gasteiger partial charge in [0, 0.05) is 6.54 Å². The summed E-state index contributed by atoms with van der Waals surface area (Å²) >= 11 is 0. The summed E-state index contributed by atoms with van der Waals surface area (Å²) in [5, 5.41) is 18.9. The third kappa shape index (κ3) is 4.88. The van der Waals surface area contributed by atoms with Crippen molar-refractivity contribution in [3.8, 4) is 0 Å². The molecule has 0 amide bonds. The smallest absolute Gasteiger partial charge is 0.307 e. The highest BCUT2D eigenvalue weighted by Crippen LogP contribution is 2.16. The lowest BCUT2D eigenvalue weighted by Gasteiger charge is -2.13. The molecule has 0 radical (unpaired) electrons. The van der Waals surface area contributed by atoms with E-state index in [-0.39, 0.29) is 17.9 Å². The van der Waals surface area contributed by atoms with Gasteiger partial charge >= 0.3 is 5.97 Å². The van der Waals surface area contributed by atoms with Gasteiger partial charge in [-0.05, 0) is 23.3 Å². The number of nitrogens with one attached hydrogen (secondary N) is 1. The molecule has 0 heterocycles. The Morgan fingerprint density at radius 1 is 1.09 bits per heavy atom. The maximum atomic E-state index is 12.1. The van der Waals surface area contributed by atoms with Gasteiger partial charge in [0.05, 0.1) is 17.4 Å². The molecule has 2 aromatic carbocycles. The molecule has 0 aliphatic rings. The van der Waals surface area contributed by atoms with E-state index in [0.717, 1.165) is 0 Å². The van der Waals surface area contributed by atoms with E-state index in [1.807, 2.05) is 0 Å². The largest absolute Gasteiger partial charge is 0.481 e. The third-order valence-corrected chi connectivity index (χ3v) is 4.65. The molecule has 0 aliphatic carbocycles. The molecule has 0 saturated heterocycles. The normalized spacial score (nSPS) is 12.7. The van der Waals surface area contributed by atoms with Crippen molar-refractivity contribution in [3.63, 3.8) is 0 Å². The Morgan fingerprint density at radius 2 is 1.78 bits per heavy atom. The fraction of sp³-hybridized carbons (Fsp3) is 0.188. The molecule has 6 nitrogen and oxygen atoms in total. The zero-order chi connectivity index (χ0) is 16.9. The Kier molecular flexibility index (Phi) is 5.49. The van der Waals surface area contributed by atoms with Crippen LogP contribution < -0.4 is 4.72 Å². The van der Waals surface area contributed by atoms with E-state index in [9.17, 15) is 18.3 Å². The number of rotatable bonds is 7. The van der Waals surface area contributed by atoms with Crippen LogP contribution in [-0.4, -0.2) is 31.1 Å². The van der Waals surface area contributed by atoms with Gasteiger partial charge in [-0.1, -0.05) is 42.5 Å². The van der Waals surface area contributed by atoms with Gasteiger partial charge in [-0.3, -0.25) is 4.79 Å². The summed E-state index contributed by atoms with van der Waals surface area (Å²) in [6, 6.07) is 14.3. The summed E-state index contributed by atoms with van der Waals surface area (Å²) in [4.78, 5) is 10.8. The van der Waals surface area contributed by atoms with Crippen molar-refractivity contribution >= 4 is 16.0 Å². The number of aliphatic hydroxyl groups is 1. The molecule has 23 heavy (non-hydrogen) atoms. The predicted octanol–water partition coefficient (Wildman–Crippen LogP) is 1.33. The highest BCUT2D eigenvalue weighted by Gasteiger charge is 2.16. The minimum Gasteiger partial charge on any atom is -0.481 e. The zero-order valence-corrected chi connectivity index (χ0v) is 13.0. The quantitative estimate of drug-likeness (QED) is 0.708. The number of carbonyl (C=O) groups is 1. The molecular weight excluding hydrogens is 318 g/mol. The van der Waals surface area contributed by atoms with E-state index in [4.69, 9.17) is 5.11 Å². The highest BCUT2D eigenvalue weighted by molar-refractivity contribution is 7.89. The standard InChI is InChI=1S/C16H17NO5S/c18-15(13-6-4-5-12(9-13)10-16(19)20)11-17-23(21,22)14-7-2-1-3-8-14/h1-9,15,17-18H,10-11H2,(H,19,20). The van der Waals surface area contributed by atoms with Crippen molar-refractivity contribution in [3.05, 3.63) is 65.7 Å². The van der Waals surface area contributed by atoms with E-state index >= 15 is 0 Å². The van der Waals surface area contributed by atoms with Crippen LogP contribution >= 0.6 is 0 Å². The van der Waals surface area contributed by atoms with E-state index < -0.39 is 22.1 Å². The fourth-order valence-corrected chi connectivity index (χ4v) is 3.13. The molecule has 0 aliphatic heterocycles. The topological polar surface area (TPSA) is 104 Å². The second-order valence-corrected chi connectivity index (χ2v) is 6.76. The van der Waals surface area contributed by atoms with Crippen LogP contribution in [0.2, 0.25) is 0 Å². The number of hydrogen-bond acceptors (Lipinski definition) is 4. The van der Waals surface area contributed by atoms with Crippen molar-refractivity contribution in [2.24, 2.45) is 0 Å². The number of aliphatic carboxylic acids is 1. The second-order valence-electron chi connectivity index (χ2n) is 5.00. The van der Waals surface area contributed by atoms with Crippen LogP contribution in [0.5, 0.6) is 0 Å². The number of hydrogen-bond donors (Lipinski definition) is 3. The summed E-state index contributed by atoms with van der Waals surface area (Å²) in [5.41, 5.74) is 1.000. The molecule has 0 fully saturated rings. The SMILES string of the molecule is O=C(O)Cc1cccc(C(O)CNS(=O)(=O)c2ccccc2)c1. The van der Waals surface area contributed by atoms with Crippen LogP contribution in [0.4, 0.5) is 0 Å². The molecule has 0 aromatic heterocycles. The maximum Gasteiger partial charge on any atom is 0.307 e. The van der Waals surface area contributed by atoms with E-state index in [0.29, 0.717) is 11.1 Å². The molecule has 2 aromatic rings.